The van der Waals surface area contributed by atoms with Gasteiger partial charge in [0.05, 0.1) is 13.5 Å². The standard InChI is InChI=1S/C12H14O5/c1-17-10-4-2-3-8(12(10)16)7-9(13)5-6-11(14)15/h2-4,16H,5-7H2,1H3,(H,14,15). The molecule has 0 aliphatic heterocycles. The Labute approximate surface area is 98.6 Å². The summed E-state index contributed by atoms with van der Waals surface area (Å²) in [6, 6.07) is 4.86. The van der Waals surface area contributed by atoms with E-state index >= 15 is 0 Å². The lowest BCUT2D eigenvalue weighted by Crippen LogP contribution is -2.06. The average molecular weight is 238 g/mol. The van der Waals surface area contributed by atoms with Gasteiger partial charge >= 0.3 is 5.97 Å². The van der Waals surface area contributed by atoms with Crippen LogP contribution in [0.3, 0.4) is 0 Å². The van der Waals surface area contributed by atoms with Crippen LogP contribution in [0.2, 0.25) is 0 Å². The summed E-state index contributed by atoms with van der Waals surface area (Å²) in [6.45, 7) is 0. The highest BCUT2D eigenvalue weighted by atomic mass is 16.5. The lowest BCUT2D eigenvalue weighted by atomic mass is 10.0. The zero-order chi connectivity index (χ0) is 12.8. The third kappa shape index (κ3) is 3.79. The molecule has 0 fully saturated rings. The van der Waals surface area contributed by atoms with Gasteiger partial charge in [0.25, 0.3) is 0 Å². The second-order valence-corrected chi connectivity index (χ2v) is 3.58. The van der Waals surface area contributed by atoms with Crippen molar-refractivity contribution < 1.29 is 24.5 Å². The fraction of sp³-hybridized carbons (Fsp3) is 0.333. The molecule has 0 aliphatic rings. The molecule has 0 aliphatic carbocycles. The smallest absolute Gasteiger partial charge is 0.303 e. The maximum atomic E-state index is 11.5. The summed E-state index contributed by atoms with van der Waals surface area (Å²) >= 11 is 0. The third-order valence-electron chi connectivity index (χ3n) is 2.31. The Hall–Kier alpha value is -2.04. The summed E-state index contributed by atoms with van der Waals surface area (Å²) in [6.07, 6.45) is -0.216. The van der Waals surface area contributed by atoms with Gasteiger partial charge in [-0.3, -0.25) is 9.59 Å². The van der Waals surface area contributed by atoms with Crippen LogP contribution in [-0.4, -0.2) is 29.1 Å². The molecule has 5 nitrogen and oxygen atoms in total. The largest absolute Gasteiger partial charge is 0.504 e. The Morgan fingerprint density at radius 1 is 1.29 bits per heavy atom. The van der Waals surface area contributed by atoms with E-state index in [9.17, 15) is 14.7 Å². The molecule has 17 heavy (non-hydrogen) atoms. The molecule has 0 atom stereocenters. The van der Waals surface area contributed by atoms with Gasteiger partial charge < -0.3 is 14.9 Å². The molecule has 92 valence electrons. The van der Waals surface area contributed by atoms with E-state index in [1.165, 1.54) is 7.11 Å². The quantitative estimate of drug-likeness (QED) is 0.782. The number of aromatic hydroxyl groups is 1. The lowest BCUT2D eigenvalue weighted by molar-refractivity contribution is -0.138. The van der Waals surface area contributed by atoms with E-state index in [1.807, 2.05) is 0 Å². The van der Waals surface area contributed by atoms with E-state index in [0.29, 0.717) is 11.3 Å². The van der Waals surface area contributed by atoms with Gasteiger partial charge in [-0.25, -0.2) is 0 Å². The number of carbonyl (C=O) groups excluding carboxylic acids is 1. The number of carboxylic acid groups (broad SMARTS) is 1. The van der Waals surface area contributed by atoms with Crippen LogP contribution in [0.15, 0.2) is 18.2 Å². The zero-order valence-electron chi connectivity index (χ0n) is 9.47. The summed E-state index contributed by atoms with van der Waals surface area (Å²) in [4.78, 5) is 21.8. The highest BCUT2D eigenvalue weighted by Gasteiger charge is 2.12. The van der Waals surface area contributed by atoms with Crippen molar-refractivity contribution in [3.63, 3.8) is 0 Å². The average Bonchev–Trinajstić information content (AvgIpc) is 2.29. The molecule has 0 radical (unpaired) electrons. The number of rotatable bonds is 6. The predicted molar refractivity (Wildman–Crippen MR) is 60.2 cm³/mol. The molecule has 0 saturated heterocycles. The van der Waals surface area contributed by atoms with Crippen molar-refractivity contribution in [1.82, 2.24) is 0 Å². The third-order valence-corrected chi connectivity index (χ3v) is 2.31. The van der Waals surface area contributed by atoms with Crippen LogP contribution in [0.4, 0.5) is 0 Å². The van der Waals surface area contributed by atoms with Gasteiger partial charge in [-0.05, 0) is 6.07 Å². The SMILES string of the molecule is COc1cccc(CC(=O)CCC(=O)O)c1O. The lowest BCUT2D eigenvalue weighted by Gasteiger charge is -2.07. The van der Waals surface area contributed by atoms with Crippen LogP contribution in [-0.2, 0) is 16.0 Å². The normalized spacial score (nSPS) is 9.94. The molecule has 2 N–H and O–H groups in total. The van der Waals surface area contributed by atoms with E-state index in [4.69, 9.17) is 9.84 Å². The maximum Gasteiger partial charge on any atom is 0.303 e. The van der Waals surface area contributed by atoms with Crippen LogP contribution in [0.25, 0.3) is 0 Å². The van der Waals surface area contributed by atoms with Crippen molar-refractivity contribution in [2.45, 2.75) is 19.3 Å². The van der Waals surface area contributed by atoms with E-state index in [2.05, 4.69) is 0 Å². The van der Waals surface area contributed by atoms with Crippen molar-refractivity contribution in [3.8, 4) is 11.5 Å². The molecule has 5 heteroatoms. The van der Waals surface area contributed by atoms with Gasteiger partial charge in [0.2, 0.25) is 0 Å². The van der Waals surface area contributed by atoms with Crippen molar-refractivity contribution >= 4 is 11.8 Å². The summed E-state index contributed by atoms with van der Waals surface area (Å²) in [5.74, 6) is -1.00. The van der Waals surface area contributed by atoms with E-state index in [1.54, 1.807) is 18.2 Å². The number of ketones is 1. The molecule has 1 rings (SSSR count). The predicted octanol–water partition coefficient (Wildman–Crippen LogP) is 1.38. The molecule has 0 bridgehead atoms. The van der Waals surface area contributed by atoms with Crippen molar-refractivity contribution in [2.75, 3.05) is 7.11 Å². The minimum Gasteiger partial charge on any atom is -0.504 e. The van der Waals surface area contributed by atoms with Crippen LogP contribution in [0, 0.1) is 0 Å². The van der Waals surface area contributed by atoms with E-state index in [0.717, 1.165) is 0 Å². The molecule has 0 aromatic heterocycles. The first-order valence-electron chi connectivity index (χ1n) is 5.13. The fourth-order valence-corrected chi connectivity index (χ4v) is 1.42. The van der Waals surface area contributed by atoms with Crippen molar-refractivity contribution in [1.29, 1.82) is 0 Å². The topological polar surface area (TPSA) is 83.8 Å². The molecule has 0 saturated carbocycles. The second kappa shape index (κ2) is 5.89. The first kappa shape index (κ1) is 13.0. The molecular weight excluding hydrogens is 224 g/mol. The number of carboxylic acids is 1. The Morgan fingerprint density at radius 3 is 2.59 bits per heavy atom. The highest BCUT2D eigenvalue weighted by molar-refractivity contribution is 5.84. The van der Waals surface area contributed by atoms with E-state index in [-0.39, 0.29) is 30.8 Å². The molecule has 0 unspecified atom stereocenters. The van der Waals surface area contributed by atoms with Crippen LogP contribution < -0.4 is 4.74 Å². The van der Waals surface area contributed by atoms with Gasteiger partial charge in [0.1, 0.15) is 5.78 Å². The van der Waals surface area contributed by atoms with Crippen molar-refractivity contribution in [3.05, 3.63) is 23.8 Å². The van der Waals surface area contributed by atoms with Crippen LogP contribution in [0.5, 0.6) is 11.5 Å². The van der Waals surface area contributed by atoms with Gasteiger partial charge in [0, 0.05) is 18.4 Å². The van der Waals surface area contributed by atoms with Gasteiger partial charge in [-0.1, -0.05) is 12.1 Å². The van der Waals surface area contributed by atoms with Gasteiger partial charge in [-0.15, -0.1) is 0 Å². The zero-order valence-corrected chi connectivity index (χ0v) is 9.47. The van der Waals surface area contributed by atoms with Crippen molar-refractivity contribution in [2.24, 2.45) is 0 Å². The number of aliphatic carboxylic acids is 1. The number of phenolic OH excluding ortho intramolecular Hbond substituents is 1. The minimum atomic E-state index is -1.01. The second-order valence-electron chi connectivity index (χ2n) is 3.58. The summed E-state index contributed by atoms with van der Waals surface area (Å²) in [5, 5.41) is 18.2. The Morgan fingerprint density at radius 2 is 2.00 bits per heavy atom. The molecule has 0 spiro atoms. The monoisotopic (exact) mass is 238 g/mol. The fourth-order valence-electron chi connectivity index (χ4n) is 1.42. The molecule has 0 heterocycles. The molecule has 1 aromatic rings. The number of ether oxygens (including phenoxy) is 1. The van der Waals surface area contributed by atoms with Gasteiger partial charge in [-0.2, -0.15) is 0 Å². The molecular formula is C12H14O5. The summed E-state index contributed by atoms with van der Waals surface area (Å²) in [5.41, 5.74) is 0.444. The Kier molecular flexibility index (Phi) is 4.51. The number of methoxy groups -OCH3 is 1. The maximum absolute atomic E-state index is 11.5. The Balaban J connectivity index is 2.68. The number of para-hydroxylation sites is 1. The van der Waals surface area contributed by atoms with E-state index < -0.39 is 5.97 Å². The number of hydrogen-bond acceptors (Lipinski definition) is 4. The number of benzene rings is 1. The molecule has 1 aromatic carbocycles. The minimum absolute atomic E-state index is 0.0102. The number of carbonyl (C=O) groups is 2. The van der Waals surface area contributed by atoms with Gasteiger partial charge in [0.15, 0.2) is 11.5 Å². The van der Waals surface area contributed by atoms with Crippen LogP contribution in [0.1, 0.15) is 18.4 Å². The Bertz CT molecular complexity index is 425. The highest BCUT2D eigenvalue weighted by Crippen LogP contribution is 2.29. The summed E-state index contributed by atoms with van der Waals surface area (Å²) in [7, 11) is 1.42. The van der Waals surface area contributed by atoms with Crippen LogP contribution >= 0.6 is 0 Å². The number of phenols is 1. The number of hydrogen-bond donors (Lipinski definition) is 2. The first-order chi connectivity index (χ1) is 8.04. The number of Topliss-reactive ketones (excluding diaryl/α,β-unsaturated/α-hetero) is 1. The molecule has 0 amide bonds. The first-order valence-corrected chi connectivity index (χ1v) is 5.13. The summed E-state index contributed by atoms with van der Waals surface area (Å²) < 4.78 is 4.91.